The third-order valence-electron chi connectivity index (χ3n) is 15.0. The van der Waals surface area contributed by atoms with Crippen LogP contribution in [0.5, 0.6) is 0 Å². The van der Waals surface area contributed by atoms with Crippen LogP contribution >= 0.6 is 22.9 Å². The van der Waals surface area contributed by atoms with E-state index >= 15 is 4.79 Å². The van der Waals surface area contributed by atoms with Gasteiger partial charge in [0.25, 0.3) is 0 Å². The van der Waals surface area contributed by atoms with Crippen LogP contribution in [-0.2, 0) is 47.5 Å². The van der Waals surface area contributed by atoms with E-state index in [0.717, 1.165) is 54.8 Å². The summed E-state index contributed by atoms with van der Waals surface area (Å²) in [7, 11) is 9.14. The van der Waals surface area contributed by atoms with Gasteiger partial charge in [-0.15, -0.1) is 11.3 Å². The monoisotopic (exact) mass is 898 g/mol. The molecule has 0 radical (unpaired) electrons. The SMILES string of the molecule is CC[C@H]1CCC[C@H](O[C@H]2CC[C@H](N(C)C)[C@@H](C)O2)[C@@H](C)C(=O)C2=C[C@H]3[C@@H]4C[C@H](O[C@@H]5O[C@@H](C)[C@H](OC)[C@@H](OC)[C@H]5OC)C[C@H]4c4sc(-c5cccc(Cl)c5)nc4[C@H]3[C@@H]2CC(=O)O1. The zero-order valence-corrected chi connectivity index (χ0v) is 39.4. The van der Waals surface area contributed by atoms with E-state index in [9.17, 15) is 4.79 Å². The second-order valence-electron chi connectivity index (χ2n) is 18.8. The Kier molecular flexibility index (Phi) is 14.7. The van der Waals surface area contributed by atoms with Crippen LogP contribution in [0.4, 0.5) is 0 Å². The number of methoxy groups -OCH3 is 3. The Bertz CT molecular complexity index is 1930. The molecule has 1 saturated carbocycles. The van der Waals surface area contributed by atoms with Crippen LogP contribution in [0.2, 0.25) is 5.02 Å². The first-order valence-electron chi connectivity index (χ1n) is 22.9. The molecule has 3 saturated heterocycles. The number of rotatable bonds is 10. The molecule has 6 aliphatic rings. The average molecular weight is 900 g/mol. The summed E-state index contributed by atoms with van der Waals surface area (Å²) in [5.41, 5.74) is 2.61. The average Bonchev–Trinajstić information content (AvgIpc) is 3.97. The summed E-state index contributed by atoms with van der Waals surface area (Å²) in [6, 6.07) is 8.11. The van der Waals surface area contributed by atoms with Crippen molar-refractivity contribution in [3.63, 3.8) is 0 Å². The number of thiazole rings is 1. The van der Waals surface area contributed by atoms with Crippen molar-refractivity contribution in [1.82, 2.24) is 9.88 Å². The molecule has 14 heteroatoms. The van der Waals surface area contributed by atoms with E-state index in [4.69, 9.17) is 54.5 Å². The van der Waals surface area contributed by atoms with Gasteiger partial charge in [-0.05, 0) is 109 Å². The lowest BCUT2D eigenvalue weighted by atomic mass is 9.67. The van der Waals surface area contributed by atoms with Gasteiger partial charge in [-0.25, -0.2) is 4.98 Å². The van der Waals surface area contributed by atoms with E-state index in [1.165, 1.54) is 4.88 Å². The maximum Gasteiger partial charge on any atom is 0.306 e. The van der Waals surface area contributed by atoms with E-state index in [0.29, 0.717) is 29.5 Å². The van der Waals surface area contributed by atoms with Crippen LogP contribution in [0.25, 0.3) is 10.6 Å². The fraction of sp³-hybridized carbons (Fsp3) is 0.729. The van der Waals surface area contributed by atoms with Crippen LogP contribution in [0.3, 0.4) is 0 Å². The summed E-state index contributed by atoms with van der Waals surface area (Å²) in [6.07, 6.45) is 5.12. The number of Topliss-reactive ketones (excluding diaryl/α,β-unsaturated/α-hetero) is 1. The Morgan fingerprint density at radius 1 is 0.903 bits per heavy atom. The molecule has 3 aliphatic heterocycles. The number of carbonyl (C=O) groups excluding carboxylic acids is 2. The van der Waals surface area contributed by atoms with Gasteiger partial charge in [-0.1, -0.05) is 43.7 Å². The number of aromatic nitrogens is 1. The zero-order chi connectivity index (χ0) is 44.0. The quantitative estimate of drug-likeness (QED) is 0.213. The zero-order valence-electron chi connectivity index (χ0n) is 37.8. The molecule has 0 bridgehead atoms. The largest absolute Gasteiger partial charge is 0.462 e. The molecule has 1 aromatic heterocycles. The standard InChI is InChI=1S/C48H67ClN2O10S/c1-10-29-15-12-16-37(61-39-18-17-36(51(5)6)25(3)57-39)24(2)42(53)34-22-32-31-20-30(60-48-45(56-9)44(55-8)43(54-7)26(4)58-48)21-35(31)46-41(40(32)33(34)23-38(52)59-29)50-47(62-46)27-13-11-14-28(49)19-27/h11,13-14,19,22,24-26,29-33,35-37,39-40,43-45,48H,10,12,15-18,20-21,23H2,1-9H3/t24-,25-,26+,29+,30+,31+,32+,33-,35-,36+,37+,39+,40-,43+,44-,45-,48+/m1/s1. The maximum absolute atomic E-state index is 15.2. The summed E-state index contributed by atoms with van der Waals surface area (Å²) in [4.78, 5) is 38.1. The van der Waals surface area contributed by atoms with Gasteiger partial charge in [0.15, 0.2) is 18.4 Å². The molecule has 4 heterocycles. The Morgan fingerprint density at radius 2 is 1.68 bits per heavy atom. The topological polar surface area (TPSA) is 124 Å². The van der Waals surface area contributed by atoms with Crippen molar-refractivity contribution in [2.45, 2.75) is 165 Å². The first-order chi connectivity index (χ1) is 29.8. The van der Waals surface area contributed by atoms with Crippen LogP contribution in [0.1, 0.15) is 108 Å². The van der Waals surface area contributed by atoms with Crippen LogP contribution < -0.4 is 0 Å². The van der Waals surface area contributed by atoms with Gasteiger partial charge in [0.2, 0.25) is 0 Å². The summed E-state index contributed by atoms with van der Waals surface area (Å²) in [6.45, 7) is 8.15. The van der Waals surface area contributed by atoms with Gasteiger partial charge in [-0.2, -0.15) is 0 Å². The Labute approximate surface area is 376 Å². The summed E-state index contributed by atoms with van der Waals surface area (Å²) < 4.78 is 50.6. The summed E-state index contributed by atoms with van der Waals surface area (Å²) in [5, 5.41) is 1.51. The highest BCUT2D eigenvalue weighted by Gasteiger charge is 2.57. The number of benzene rings is 1. The molecule has 2 aromatic rings. The second kappa shape index (κ2) is 19.7. The number of likely N-dealkylation sites (N-methyl/N-ethyl adjacent to an activating group) is 1. The lowest BCUT2D eigenvalue weighted by Crippen LogP contribution is -2.59. The highest BCUT2D eigenvalue weighted by molar-refractivity contribution is 7.15. The third kappa shape index (κ3) is 9.11. The Hall–Kier alpha value is -2.30. The van der Waals surface area contributed by atoms with E-state index in [1.54, 1.807) is 32.7 Å². The molecule has 0 amide bonds. The van der Waals surface area contributed by atoms with Crippen molar-refractivity contribution in [2.24, 2.45) is 23.7 Å². The Balaban J connectivity index is 1.14. The number of cyclic esters (lactones) is 1. The van der Waals surface area contributed by atoms with Crippen molar-refractivity contribution in [1.29, 1.82) is 0 Å². The number of halogens is 1. The molecule has 1 aromatic carbocycles. The van der Waals surface area contributed by atoms with Gasteiger partial charge in [-0.3, -0.25) is 9.59 Å². The molecule has 0 spiro atoms. The normalized spacial score (nSPS) is 40.1. The smallest absolute Gasteiger partial charge is 0.306 e. The van der Waals surface area contributed by atoms with E-state index in [1.807, 2.05) is 38.1 Å². The molecule has 17 atom stereocenters. The minimum absolute atomic E-state index is 0.00310. The van der Waals surface area contributed by atoms with Gasteiger partial charge < -0.3 is 42.8 Å². The lowest BCUT2D eigenvalue weighted by Gasteiger charge is -2.44. The number of allylic oxidation sites excluding steroid dienone is 2. The minimum Gasteiger partial charge on any atom is -0.462 e. The van der Waals surface area contributed by atoms with Crippen LogP contribution in [-0.4, -0.2) is 125 Å². The van der Waals surface area contributed by atoms with E-state index in [-0.39, 0.29) is 84.6 Å². The fourth-order valence-electron chi connectivity index (χ4n) is 11.8. The molecule has 12 nitrogen and oxygen atoms in total. The fourth-order valence-corrected chi connectivity index (χ4v) is 13.3. The van der Waals surface area contributed by atoms with Gasteiger partial charge in [0.1, 0.15) is 29.4 Å². The number of hydrogen-bond acceptors (Lipinski definition) is 13. The first kappa shape index (κ1) is 46.2. The number of hydrogen-bond donors (Lipinski definition) is 0. The maximum atomic E-state index is 15.2. The molecule has 3 aliphatic carbocycles. The van der Waals surface area contributed by atoms with E-state index < -0.39 is 30.5 Å². The highest BCUT2D eigenvalue weighted by atomic mass is 35.5. The van der Waals surface area contributed by atoms with Crippen molar-refractivity contribution in [3.8, 4) is 10.6 Å². The van der Waals surface area contributed by atoms with Gasteiger partial charge in [0.05, 0.1) is 36.5 Å². The first-order valence-corrected chi connectivity index (χ1v) is 24.1. The number of ether oxygens (including phenoxy) is 8. The van der Waals surface area contributed by atoms with Crippen LogP contribution in [0.15, 0.2) is 35.9 Å². The molecule has 62 heavy (non-hydrogen) atoms. The Morgan fingerprint density at radius 3 is 2.37 bits per heavy atom. The molecule has 342 valence electrons. The highest BCUT2D eigenvalue weighted by Crippen LogP contribution is 2.63. The molecule has 4 fully saturated rings. The van der Waals surface area contributed by atoms with Gasteiger partial charge >= 0.3 is 5.97 Å². The predicted molar refractivity (Wildman–Crippen MR) is 236 cm³/mol. The van der Waals surface area contributed by atoms with Crippen molar-refractivity contribution in [3.05, 3.63) is 51.5 Å². The van der Waals surface area contributed by atoms with E-state index in [2.05, 4.69) is 38.9 Å². The number of esters is 1. The molecule has 8 rings (SSSR count). The predicted octanol–water partition coefficient (Wildman–Crippen LogP) is 8.34. The minimum atomic E-state index is -0.669. The van der Waals surface area contributed by atoms with Gasteiger partial charge in [0, 0.05) is 66.5 Å². The molecular formula is C48H67ClN2O10S. The number of nitrogens with zero attached hydrogens (tertiary/aromatic N) is 2. The second-order valence-corrected chi connectivity index (χ2v) is 20.2. The third-order valence-corrected chi connectivity index (χ3v) is 16.5. The summed E-state index contributed by atoms with van der Waals surface area (Å²) in [5.74, 6) is -1.09. The summed E-state index contributed by atoms with van der Waals surface area (Å²) >= 11 is 8.23. The molecule has 0 N–H and O–H groups in total. The molecular weight excluding hydrogens is 832 g/mol. The lowest BCUT2D eigenvalue weighted by molar-refractivity contribution is -0.314. The number of ketones is 1. The van der Waals surface area contributed by atoms with Crippen molar-refractivity contribution < 1.29 is 47.5 Å². The van der Waals surface area contributed by atoms with Crippen molar-refractivity contribution in [2.75, 3.05) is 35.4 Å². The number of carbonyl (C=O) groups is 2. The van der Waals surface area contributed by atoms with Crippen LogP contribution in [0, 0.1) is 23.7 Å². The number of fused-ring (bicyclic) bond motifs is 8. The molecule has 0 unspecified atom stereocenters. The van der Waals surface area contributed by atoms with Crippen molar-refractivity contribution >= 4 is 34.7 Å².